The minimum Gasteiger partial charge on any atom is -0.375 e. The quantitative estimate of drug-likeness (QED) is 0.653. The summed E-state index contributed by atoms with van der Waals surface area (Å²) in [4.78, 5) is 16.2. The normalized spacial score (nSPS) is 28.9. The number of hydrogen-bond donors (Lipinski definition) is 2. The number of nitrogens with zero attached hydrogens (tertiary/aromatic N) is 1. The fourth-order valence-electron chi connectivity index (χ4n) is 6.23. The molecule has 0 radical (unpaired) electrons. The summed E-state index contributed by atoms with van der Waals surface area (Å²) in [5.41, 5.74) is 0.662. The van der Waals surface area contributed by atoms with E-state index in [1.807, 2.05) is 30.3 Å². The lowest BCUT2D eigenvalue weighted by Crippen LogP contribution is -2.51. The molecule has 4 heteroatoms. The van der Waals surface area contributed by atoms with Crippen molar-refractivity contribution in [1.29, 1.82) is 0 Å². The zero-order valence-electron chi connectivity index (χ0n) is 19.1. The van der Waals surface area contributed by atoms with Crippen molar-refractivity contribution in [2.24, 2.45) is 17.8 Å². The predicted octanol–water partition coefficient (Wildman–Crippen LogP) is 4.65. The molecule has 1 saturated heterocycles. The van der Waals surface area contributed by atoms with Gasteiger partial charge in [-0.3, -0.25) is 9.69 Å². The van der Waals surface area contributed by atoms with Crippen molar-refractivity contribution < 1.29 is 9.90 Å². The van der Waals surface area contributed by atoms with Crippen LogP contribution in [-0.4, -0.2) is 35.0 Å². The number of aliphatic hydroxyl groups is 1. The minimum atomic E-state index is -1.43. The average molecular weight is 433 g/mol. The molecule has 5 atom stereocenters. The van der Waals surface area contributed by atoms with E-state index in [9.17, 15) is 9.90 Å². The van der Waals surface area contributed by atoms with Crippen molar-refractivity contribution in [3.05, 3.63) is 71.8 Å². The van der Waals surface area contributed by atoms with Crippen LogP contribution >= 0.6 is 0 Å². The van der Waals surface area contributed by atoms with Gasteiger partial charge >= 0.3 is 0 Å². The number of carbonyl (C=O) groups is 1. The predicted molar refractivity (Wildman–Crippen MR) is 127 cm³/mol. The molecule has 3 fully saturated rings. The van der Waals surface area contributed by atoms with E-state index in [2.05, 4.69) is 47.5 Å². The van der Waals surface area contributed by atoms with E-state index in [0.29, 0.717) is 17.9 Å². The van der Waals surface area contributed by atoms with Crippen molar-refractivity contribution in [3.63, 3.8) is 0 Å². The number of piperidine rings is 1. The summed E-state index contributed by atoms with van der Waals surface area (Å²) in [7, 11) is 0. The summed E-state index contributed by atoms with van der Waals surface area (Å²) in [5, 5.41) is 15.2. The Kier molecular flexibility index (Phi) is 6.09. The molecule has 1 amide bonds. The van der Waals surface area contributed by atoms with Crippen LogP contribution in [0.3, 0.4) is 0 Å². The zero-order chi connectivity index (χ0) is 22.1. The maximum Gasteiger partial charge on any atom is 0.257 e. The molecule has 3 aliphatic rings. The van der Waals surface area contributed by atoms with E-state index in [4.69, 9.17) is 0 Å². The van der Waals surface area contributed by atoms with Gasteiger partial charge in [-0.05, 0) is 42.7 Å². The van der Waals surface area contributed by atoms with Gasteiger partial charge in [0.15, 0.2) is 5.60 Å². The van der Waals surface area contributed by atoms with E-state index in [-0.39, 0.29) is 17.9 Å². The molecule has 32 heavy (non-hydrogen) atoms. The third-order valence-electron chi connectivity index (χ3n) is 8.36. The van der Waals surface area contributed by atoms with Gasteiger partial charge in [-0.1, -0.05) is 86.3 Å². The van der Waals surface area contributed by atoms with Crippen LogP contribution in [0.4, 0.5) is 0 Å². The Bertz CT molecular complexity index is 898. The highest BCUT2D eigenvalue weighted by Crippen LogP contribution is 2.49. The Hall–Kier alpha value is -2.17. The largest absolute Gasteiger partial charge is 0.375 e. The number of amides is 1. The molecule has 1 heterocycles. The summed E-state index contributed by atoms with van der Waals surface area (Å²) in [5.74, 6) is 0.803. The fourth-order valence-corrected chi connectivity index (χ4v) is 6.23. The second kappa shape index (κ2) is 8.99. The standard InChI is InChI=1S/C28H36N2O2/c1-20(21-12-6-4-7-13-21)30-18-24-25(19-30)26(24)29-27(31)28(32,23-16-10-5-11-17-23)22-14-8-2-3-9-15-22/h4-7,10-13,16-17,20,22,24-26,32H,2-3,8-9,14-15,18-19H2,1H3,(H,29,31)/t20?,24-,25+,26?,28?. The Balaban J connectivity index is 1.27. The SMILES string of the molecule is CC(c1ccccc1)N1C[C@@H]2C(NC(=O)C(O)(c3ccccc3)C3CCCCCC3)[C@@H]2C1. The average Bonchev–Trinajstić information content (AvgIpc) is 3.40. The fraction of sp³-hybridized carbons (Fsp3) is 0.536. The van der Waals surface area contributed by atoms with Gasteiger partial charge in [0.05, 0.1) is 0 Å². The van der Waals surface area contributed by atoms with E-state index in [0.717, 1.165) is 44.3 Å². The van der Waals surface area contributed by atoms with Gasteiger partial charge in [0.25, 0.3) is 5.91 Å². The number of carbonyl (C=O) groups excluding carboxylic acids is 1. The van der Waals surface area contributed by atoms with Crippen LogP contribution < -0.4 is 5.32 Å². The first-order valence-electron chi connectivity index (χ1n) is 12.5. The van der Waals surface area contributed by atoms with Crippen LogP contribution in [0.1, 0.15) is 62.6 Å². The highest BCUT2D eigenvalue weighted by Gasteiger charge is 2.58. The van der Waals surface area contributed by atoms with Gasteiger partial charge in [-0.15, -0.1) is 0 Å². The Morgan fingerprint density at radius 2 is 1.50 bits per heavy atom. The molecule has 0 aromatic heterocycles. The van der Waals surface area contributed by atoms with E-state index in [1.54, 1.807) is 0 Å². The van der Waals surface area contributed by atoms with E-state index < -0.39 is 5.60 Å². The number of nitrogens with one attached hydrogen (secondary N) is 1. The summed E-state index contributed by atoms with van der Waals surface area (Å²) >= 11 is 0. The molecule has 1 aliphatic heterocycles. The van der Waals surface area contributed by atoms with Crippen LogP contribution in [0.2, 0.25) is 0 Å². The molecule has 3 unspecified atom stereocenters. The monoisotopic (exact) mass is 432 g/mol. The molecule has 170 valence electrons. The number of benzene rings is 2. The molecule has 5 rings (SSSR count). The van der Waals surface area contributed by atoms with Gasteiger partial charge in [0.1, 0.15) is 0 Å². The Morgan fingerprint density at radius 1 is 0.938 bits per heavy atom. The summed E-state index contributed by atoms with van der Waals surface area (Å²) in [6.45, 7) is 4.30. The zero-order valence-corrected chi connectivity index (χ0v) is 19.1. The summed E-state index contributed by atoms with van der Waals surface area (Å²) < 4.78 is 0. The molecule has 2 aliphatic carbocycles. The second-order valence-corrected chi connectivity index (χ2v) is 10.2. The number of fused-ring (bicyclic) bond motifs is 1. The van der Waals surface area contributed by atoms with Crippen LogP contribution in [0.15, 0.2) is 60.7 Å². The van der Waals surface area contributed by atoms with E-state index >= 15 is 0 Å². The number of rotatable bonds is 6. The van der Waals surface area contributed by atoms with Gasteiger partial charge in [-0.25, -0.2) is 0 Å². The molecule has 0 bridgehead atoms. The lowest BCUT2D eigenvalue weighted by Gasteiger charge is -2.35. The third-order valence-corrected chi connectivity index (χ3v) is 8.36. The number of likely N-dealkylation sites (tertiary alicyclic amines) is 1. The molecule has 0 spiro atoms. The van der Waals surface area contributed by atoms with Crippen LogP contribution in [-0.2, 0) is 10.4 Å². The first-order chi connectivity index (χ1) is 15.6. The molecule has 2 aromatic carbocycles. The lowest BCUT2D eigenvalue weighted by molar-refractivity contribution is -0.148. The van der Waals surface area contributed by atoms with Crippen molar-refractivity contribution in [2.75, 3.05) is 13.1 Å². The highest BCUT2D eigenvalue weighted by atomic mass is 16.3. The first kappa shape index (κ1) is 21.7. The maximum absolute atomic E-state index is 13.6. The summed E-state index contributed by atoms with van der Waals surface area (Å²) in [6.07, 6.45) is 6.41. The van der Waals surface area contributed by atoms with Gasteiger partial charge in [0.2, 0.25) is 0 Å². The van der Waals surface area contributed by atoms with Gasteiger partial charge in [0, 0.05) is 31.1 Å². The van der Waals surface area contributed by atoms with Crippen molar-refractivity contribution in [1.82, 2.24) is 10.2 Å². The Morgan fingerprint density at radius 3 is 2.09 bits per heavy atom. The highest BCUT2D eigenvalue weighted by molar-refractivity contribution is 5.87. The molecule has 2 saturated carbocycles. The van der Waals surface area contributed by atoms with E-state index in [1.165, 1.54) is 18.4 Å². The van der Waals surface area contributed by atoms with Crippen LogP contribution in [0, 0.1) is 17.8 Å². The van der Waals surface area contributed by atoms with Crippen LogP contribution in [0.25, 0.3) is 0 Å². The van der Waals surface area contributed by atoms with Gasteiger partial charge < -0.3 is 10.4 Å². The lowest BCUT2D eigenvalue weighted by atomic mass is 9.76. The molecule has 2 aromatic rings. The minimum absolute atomic E-state index is 0.0133. The molecule has 2 N–H and O–H groups in total. The summed E-state index contributed by atoms with van der Waals surface area (Å²) in [6, 6.07) is 20.9. The third kappa shape index (κ3) is 3.99. The second-order valence-electron chi connectivity index (χ2n) is 10.2. The molecular weight excluding hydrogens is 396 g/mol. The van der Waals surface area contributed by atoms with Crippen LogP contribution in [0.5, 0.6) is 0 Å². The molecule has 4 nitrogen and oxygen atoms in total. The maximum atomic E-state index is 13.6. The topological polar surface area (TPSA) is 52.6 Å². The first-order valence-corrected chi connectivity index (χ1v) is 12.5. The smallest absolute Gasteiger partial charge is 0.257 e. The molecular formula is C28H36N2O2. The van der Waals surface area contributed by atoms with Crippen molar-refractivity contribution >= 4 is 5.91 Å². The van der Waals surface area contributed by atoms with Crippen molar-refractivity contribution in [3.8, 4) is 0 Å². The number of hydrogen-bond acceptors (Lipinski definition) is 3. The Labute approximate surface area is 192 Å². The van der Waals surface area contributed by atoms with Gasteiger partial charge in [-0.2, -0.15) is 0 Å². The van der Waals surface area contributed by atoms with Crippen molar-refractivity contribution in [2.45, 2.75) is 63.1 Å².